The zero-order valence-electron chi connectivity index (χ0n) is 13.0. The van der Waals surface area contributed by atoms with E-state index in [1.807, 2.05) is 6.07 Å². The van der Waals surface area contributed by atoms with E-state index in [0.29, 0.717) is 13.2 Å². The summed E-state index contributed by atoms with van der Waals surface area (Å²) < 4.78 is 11.6. The van der Waals surface area contributed by atoms with Crippen LogP contribution in [0.3, 0.4) is 0 Å². The first kappa shape index (κ1) is 14.0. The summed E-state index contributed by atoms with van der Waals surface area (Å²) in [7, 11) is 0. The van der Waals surface area contributed by atoms with E-state index >= 15 is 0 Å². The molecule has 2 aromatic rings. The Morgan fingerprint density at radius 1 is 1.14 bits per heavy atom. The molecule has 0 atom stereocenters. The fraction of sp³-hybridized carbons (Fsp3) is 0.471. The van der Waals surface area contributed by atoms with Gasteiger partial charge in [-0.05, 0) is 31.9 Å². The molecule has 2 heterocycles. The van der Waals surface area contributed by atoms with Gasteiger partial charge in [-0.1, -0.05) is 6.92 Å². The number of nitrogens with one attached hydrogen (secondary N) is 1. The van der Waals surface area contributed by atoms with Crippen LogP contribution in [0.1, 0.15) is 31.0 Å². The molecule has 1 aliphatic heterocycles. The maximum atomic E-state index is 5.81. The number of anilines is 1. The molecule has 21 heavy (non-hydrogen) atoms. The van der Waals surface area contributed by atoms with Crippen molar-refractivity contribution in [1.82, 2.24) is 4.98 Å². The van der Waals surface area contributed by atoms with Crippen LogP contribution in [0.25, 0.3) is 10.9 Å². The summed E-state index contributed by atoms with van der Waals surface area (Å²) in [5.74, 6) is 1.63. The molecule has 0 saturated heterocycles. The third-order valence-electron chi connectivity index (χ3n) is 3.89. The lowest BCUT2D eigenvalue weighted by Gasteiger charge is -2.16. The first-order valence-corrected chi connectivity index (χ1v) is 7.65. The van der Waals surface area contributed by atoms with Gasteiger partial charge in [0.2, 0.25) is 0 Å². The van der Waals surface area contributed by atoms with Crippen LogP contribution in [0.4, 0.5) is 5.69 Å². The standard InChI is InChI=1S/C17H22N2O2/c1-4-6-18-17-11(2)12(3)19-14-10-16-15(9-13(14)17)20-7-5-8-21-16/h9-10H,4-8H2,1-3H3,(H,18,19). The number of aryl methyl sites for hydroxylation is 1. The van der Waals surface area contributed by atoms with Crippen molar-refractivity contribution >= 4 is 16.6 Å². The van der Waals surface area contributed by atoms with Crippen molar-refractivity contribution in [1.29, 1.82) is 0 Å². The zero-order chi connectivity index (χ0) is 14.8. The Bertz CT molecular complexity index is 668. The van der Waals surface area contributed by atoms with Crippen LogP contribution in [-0.2, 0) is 0 Å². The first-order valence-electron chi connectivity index (χ1n) is 7.65. The smallest absolute Gasteiger partial charge is 0.163 e. The molecular formula is C17H22N2O2. The number of pyridine rings is 1. The van der Waals surface area contributed by atoms with Crippen LogP contribution >= 0.6 is 0 Å². The predicted molar refractivity (Wildman–Crippen MR) is 85.6 cm³/mol. The Labute approximate surface area is 125 Å². The molecule has 112 valence electrons. The normalized spacial score (nSPS) is 14.0. The average Bonchev–Trinajstić information content (AvgIpc) is 2.71. The average molecular weight is 286 g/mol. The highest BCUT2D eigenvalue weighted by Crippen LogP contribution is 2.38. The van der Waals surface area contributed by atoms with Crippen LogP contribution in [0.2, 0.25) is 0 Å². The summed E-state index contributed by atoms with van der Waals surface area (Å²) in [6.07, 6.45) is 2.00. The number of nitrogens with zero attached hydrogens (tertiary/aromatic N) is 1. The van der Waals surface area contributed by atoms with Gasteiger partial charge in [0, 0.05) is 35.8 Å². The van der Waals surface area contributed by atoms with Crippen molar-refractivity contribution in [3.63, 3.8) is 0 Å². The molecule has 0 aliphatic carbocycles. The summed E-state index contributed by atoms with van der Waals surface area (Å²) >= 11 is 0. The molecule has 1 aliphatic rings. The fourth-order valence-electron chi connectivity index (χ4n) is 2.62. The van der Waals surface area contributed by atoms with Crippen LogP contribution in [0.5, 0.6) is 11.5 Å². The van der Waals surface area contributed by atoms with Crippen molar-refractivity contribution in [2.45, 2.75) is 33.6 Å². The Hall–Kier alpha value is -1.97. The summed E-state index contributed by atoms with van der Waals surface area (Å²) in [6.45, 7) is 8.69. The molecule has 0 radical (unpaired) electrons. The molecule has 0 amide bonds. The van der Waals surface area contributed by atoms with Crippen LogP contribution < -0.4 is 14.8 Å². The Morgan fingerprint density at radius 3 is 2.57 bits per heavy atom. The maximum absolute atomic E-state index is 5.81. The van der Waals surface area contributed by atoms with Gasteiger partial charge in [0.05, 0.1) is 18.7 Å². The van der Waals surface area contributed by atoms with E-state index in [1.165, 1.54) is 5.56 Å². The summed E-state index contributed by atoms with van der Waals surface area (Å²) in [5.41, 5.74) is 4.37. The second-order valence-electron chi connectivity index (χ2n) is 5.49. The minimum Gasteiger partial charge on any atom is -0.490 e. The van der Waals surface area contributed by atoms with Gasteiger partial charge in [-0.2, -0.15) is 0 Å². The van der Waals surface area contributed by atoms with Crippen LogP contribution in [0.15, 0.2) is 12.1 Å². The number of ether oxygens (including phenoxy) is 2. The largest absolute Gasteiger partial charge is 0.490 e. The zero-order valence-corrected chi connectivity index (χ0v) is 13.0. The lowest BCUT2D eigenvalue weighted by atomic mass is 10.1. The van der Waals surface area contributed by atoms with E-state index in [4.69, 9.17) is 14.5 Å². The van der Waals surface area contributed by atoms with Gasteiger partial charge >= 0.3 is 0 Å². The van der Waals surface area contributed by atoms with Crippen molar-refractivity contribution in [3.8, 4) is 11.5 Å². The summed E-state index contributed by atoms with van der Waals surface area (Å²) in [5, 5.41) is 4.64. The second kappa shape index (κ2) is 5.80. The highest BCUT2D eigenvalue weighted by molar-refractivity contribution is 5.95. The number of rotatable bonds is 3. The Morgan fingerprint density at radius 2 is 1.86 bits per heavy atom. The van der Waals surface area contributed by atoms with Gasteiger partial charge in [0.1, 0.15) is 0 Å². The van der Waals surface area contributed by atoms with Crippen molar-refractivity contribution in [2.24, 2.45) is 0 Å². The van der Waals surface area contributed by atoms with E-state index in [9.17, 15) is 0 Å². The molecule has 0 bridgehead atoms. The van der Waals surface area contributed by atoms with Crippen molar-refractivity contribution < 1.29 is 9.47 Å². The van der Waals surface area contributed by atoms with Crippen LogP contribution in [0, 0.1) is 13.8 Å². The molecule has 0 saturated carbocycles. The fourth-order valence-corrected chi connectivity index (χ4v) is 2.62. The van der Waals surface area contributed by atoms with Gasteiger partial charge in [-0.15, -0.1) is 0 Å². The quantitative estimate of drug-likeness (QED) is 0.931. The molecule has 1 N–H and O–H groups in total. The molecule has 1 aromatic heterocycles. The van der Waals surface area contributed by atoms with Crippen molar-refractivity contribution in [2.75, 3.05) is 25.1 Å². The van der Waals surface area contributed by atoms with E-state index in [0.717, 1.165) is 53.2 Å². The van der Waals surface area contributed by atoms with Crippen LogP contribution in [-0.4, -0.2) is 24.7 Å². The van der Waals surface area contributed by atoms with Gasteiger partial charge in [-0.3, -0.25) is 4.98 Å². The molecular weight excluding hydrogens is 264 g/mol. The number of fused-ring (bicyclic) bond motifs is 2. The summed E-state index contributed by atoms with van der Waals surface area (Å²) in [6, 6.07) is 4.06. The number of aromatic nitrogens is 1. The molecule has 0 spiro atoms. The lowest BCUT2D eigenvalue weighted by Crippen LogP contribution is -2.05. The first-order chi connectivity index (χ1) is 10.2. The number of hydrogen-bond donors (Lipinski definition) is 1. The molecule has 0 unspecified atom stereocenters. The van der Waals surface area contributed by atoms with Gasteiger partial charge < -0.3 is 14.8 Å². The third-order valence-corrected chi connectivity index (χ3v) is 3.89. The predicted octanol–water partition coefficient (Wildman–Crippen LogP) is 3.83. The van der Waals surface area contributed by atoms with Gasteiger partial charge in [0.15, 0.2) is 11.5 Å². The van der Waals surface area contributed by atoms with E-state index < -0.39 is 0 Å². The highest BCUT2D eigenvalue weighted by atomic mass is 16.5. The Kier molecular flexibility index (Phi) is 3.86. The van der Waals surface area contributed by atoms with Gasteiger partial charge in [0.25, 0.3) is 0 Å². The monoisotopic (exact) mass is 286 g/mol. The molecule has 3 rings (SSSR count). The highest BCUT2D eigenvalue weighted by Gasteiger charge is 2.16. The molecule has 4 heteroatoms. The SMILES string of the molecule is CCCNc1c(C)c(C)nc2cc3c(cc12)OCCCO3. The summed E-state index contributed by atoms with van der Waals surface area (Å²) in [4.78, 5) is 4.71. The molecule has 0 fully saturated rings. The van der Waals surface area contributed by atoms with E-state index in [1.54, 1.807) is 0 Å². The van der Waals surface area contributed by atoms with E-state index in [2.05, 4.69) is 32.2 Å². The molecule has 4 nitrogen and oxygen atoms in total. The number of hydrogen-bond acceptors (Lipinski definition) is 4. The van der Waals surface area contributed by atoms with Gasteiger partial charge in [-0.25, -0.2) is 0 Å². The Balaban J connectivity index is 2.18. The van der Waals surface area contributed by atoms with E-state index in [-0.39, 0.29) is 0 Å². The third kappa shape index (κ3) is 2.62. The topological polar surface area (TPSA) is 43.4 Å². The minimum atomic E-state index is 0.699. The second-order valence-corrected chi connectivity index (χ2v) is 5.49. The maximum Gasteiger partial charge on any atom is 0.163 e. The lowest BCUT2D eigenvalue weighted by molar-refractivity contribution is 0.297. The van der Waals surface area contributed by atoms with Crippen molar-refractivity contribution in [3.05, 3.63) is 23.4 Å². The molecule has 1 aromatic carbocycles. The number of benzene rings is 1. The minimum absolute atomic E-state index is 0.699.